The number of benzene rings is 1. The first-order valence-electron chi connectivity index (χ1n) is 5.68. The first-order valence-corrected chi connectivity index (χ1v) is 5.68. The van der Waals surface area contributed by atoms with Gasteiger partial charge >= 0.3 is 0 Å². The van der Waals surface area contributed by atoms with E-state index in [1.807, 2.05) is 13.0 Å². The van der Waals surface area contributed by atoms with Crippen LogP contribution < -0.4 is 5.32 Å². The van der Waals surface area contributed by atoms with Crippen molar-refractivity contribution in [3.05, 3.63) is 64.2 Å². The van der Waals surface area contributed by atoms with Crippen LogP contribution in [0.25, 0.3) is 0 Å². The van der Waals surface area contributed by atoms with Crippen LogP contribution in [-0.4, -0.2) is 9.91 Å². The first kappa shape index (κ1) is 12.9. The average molecular weight is 261 g/mol. The van der Waals surface area contributed by atoms with Gasteiger partial charge in [-0.05, 0) is 24.6 Å². The van der Waals surface area contributed by atoms with E-state index in [0.717, 1.165) is 23.8 Å². The molecule has 1 atom stereocenters. The van der Waals surface area contributed by atoms with Crippen LogP contribution in [0.1, 0.15) is 18.5 Å². The van der Waals surface area contributed by atoms with E-state index in [1.54, 1.807) is 18.5 Å². The summed E-state index contributed by atoms with van der Waals surface area (Å²) in [5.41, 5.74) is 0.861. The molecule has 98 valence electrons. The van der Waals surface area contributed by atoms with Gasteiger partial charge < -0.3 is 5.32 Å². The highest BCUT2D eigenvalue weighted by Gasteiger charge is 2.16. The lowest BCUT2D eigenvalue weighted by atomic mass is 10.1. The highest BCUT2D eigenvalue weighted by Crippen LogP contribution is 2.28. The third-order valence-corrected chi connectivity index (χ3v) is 2.71. The second kappa shape index (κ2) is 5.43. The summed E-state index contributed by atoms with van der Waals surface area (Å²) in [4.78, 5) is 14.3. The number of hydrogen-bond donors (Lipinski definition) is 1. The standard InChI is InChI=1S/C13H12FN3O2/c1-9(10-3-2-6-15-8-10)16-12-7-11(14)4-5-13(12)17(18)19/h2-9,16H,1H3. The molecule has 2 rings (SSSR count). The van der Waals surface area contributed by atoms with Crippen molar-refractivity contribution in [2.45, 2.75) is 13.0 Å². The summed E-state index contributed by atoms with van der Waals surface area (Å²) in [7, 11) is 0. The molecule has 6 heteroatoms. The van der Waals surface area contributed by atoms with Crippen LogP contribution in [-0.2, 0) is 0 Å². The fourth-order valence-electron chi connectivity index (χ4n) is 1.73. The van der Waals surface area contributed by atoms with E-state index in [4.69, 9.17) is 0 Å². The highest BCUT2D eigenvalue weighted by molar-refractivity contribution is 5.62. The fourth-order valence-corrected chi connectivity index (χ4v) is 1.73. The summed E-state index contributed by atoms with van der Waals surface area (Å²) in [6.45, 7) is 1.83. The van der Waals surface area contributed by atoms with Crippen molar-refractivity contribution in [1.29, 1.82) is 0 Å². The van der Waals surface area contributed by atoms with Gasteiger partial charge in [-0.25, -0.2) is 4.39 Å². The van der Waals surface area contributed by atoms with E-state index in [2.05, 4.69) is 10.3 Å². The maximum absolute atomic E-state index is 13.2. The molecule has 1 aromatic carbocycles. The molecule has 2 aromatic rings. The molecule has 0 bridgehead atoms. The van der Waals surface area contributed by atoms with Crippen molar-refractivity contribution in [1.82, 2.24) is 4.98 Å². The van der Waals surface area contributed by atoms with Gasteiger partial charge in [0.2, 0.25) is 0 Å². The van der Waals surface area contributed by atoms with E-state index in [0.29, 0.717) is 0 Å². The topological polar surface area (TPSA) is 68.1 Å². The Kier molecular flexibility index (Phi) is 3.70. The second-order valence-corrected chi connectivity index (χ2v) is 4.07. The van der Waals surface area contributed by atoms with Crippen LogP contribution >= 0.6 is 0 Å². The number of nitro benzene ring substituents is 1. The minimum atomic E-state index is -0.544. The third-order valence-electron chi connectivity index (χ3n) is 2.71. The third kappa shape index (κ3) is 3.04. The minimum Gasteiger partial charge on any atom is -0.373 e. The first-order chi connectivity index (χ1) is 9.08. The lowest BCUT2D eigenvalue weighted by molar-refractivity contribution is -0.384. The molecule has 1 heterocycles. The lowest BCUT2D eigenvalue weighted by Gasteiger charge is -2.15. The summed E-state index contributed by atoms with van der Waals surface area (Å²) in [5.74, 6) is -0.522. The van der Waals surface area contributed by atoms with Crippen LogP contribution in [0.15, 0.2) is 42.7 Å². The number of nitro groups is 1. The van der Waals surface area contributed by atoms with Gasteiger partial charge in [-0.1, -0.05) is 6.07 Å². The molecule has 0 fully saturated rings. The molecule has 1 unspecified atom stereocenters. The number of nitrogens with one attached hydrogen (secondary N) is 1. The fraction of sp³-hybridized carbons (Fsp3) is 0.154. The molecule has 0 saturated carbocycles. The summed E-state index contributed by atoms with van der Waals surface area (Å²) in [6.07, 6.45) is 3.30. The normalized spacial score (nSPS) is 11.9. The van der Waals surface area contributed by atoms with Gasteiger partial charge in [-0.15, -0.1) is 0 Å². The van der Waals surface area contributed by atoms with Gasteiger partial charge in [-0.3, -0.25) is 15.1 Å². The molecule has 0 radical (unpaired) electrons. The van der Waals surface area contributed by atoms with Gasteiger partial charge in [0.15, 0.2) is 0 Å². The Hall–Kier alpha value is -2.50. The number of anilines is 1. The maximum atomic E-state index is 13.2. The SMILES string of the molecule is CC(Nc1cc(F)ccc1[N+](=O)[O-])c1cccnc1. The molecule has 0 saturated heterocycles. The van der Waals surface area contributed by atoms with Gasteiger partial charge in [0, 0.05) is 24.5 Å². The van der Waals surface area contributed by atoms with Crippen LogP contribution in [0.2, 0.25) is 0 Å². The monoisotopic (exact) mass is 261 g/mol. The zero-order valence-electron chi connectivity index (χ0n) is 10.2. The number of nitrogens with zero attached hydrogens (tertiary/aromatic N) is 2. The quantitative estimate of drug-likeness (QED) is 0.677. The minimum absolute atomic E-state index is 0.154. The number of pyridine rings is 1. The molecule has 0 aliphatic rings. The van der Waals surface area contributed by atoms with Crippen LogP contribution in [0, 0.1) is 15.9 Å². The Bertz CT molecular complexity index is 590. The Morgan fingerprint density at radius 3 is 2.84 bits per heavy atom. The number of aromatic nitrogens is 1. The number of rotatable bonds is 4. The molecular formula is C13H12FN3O2. The van der Waals surface area contributed by atoms with E-state index >= 15 is 0 Å². The molecule has 1 aromatic heterocycles. The molecule has 0 aliphatic heterocycles. The zero-order chi connectivity index (χ0) is 13.8. The predicted octanol–water partition coefficient (Wildman–Crippen LogP) is 3.30. The largest absolute Gasteiger partial charge is 0.373 e. The van der Waals surface area contributed by atoms with Crippen LogP contribution in [0.4, 0.5) is 15.8 Å². The van der Waals surface area contributed by atoms with Crippen LogP contribution in [0.5, 0.6) is 0 Å². The van der Waals surface area contributed by atoms with Gasteiger partial charge in [-0.2, -0.15) is 0 Å². The van der Waals surface area contributed by atoms with E-state index in [1.165, 1.54) is 0 Å². The van der Waals surface area contributed by atoms with Crippen LogP contribution in [0.3, 0.4) is 0 Å². The molecule has 5 nitrogen and oxygen atoms in total. The Balaban J connectivity index is 2.28. The van der Waals surface area contributed by atoms with Crippen molar-refractivity contribution < 1.29 is 9.31 Å². The lowest BCUT2D eigenvalue weighted by Crippen LogP contribution is -2.08. The van der Waals surface area contributed by atoms with Crippen molar-refractivity contribution in [2.75, 3.05) is 5.32 Å². The molecule has 0 aliphatic carbocycles. The smallest absolute Gasteiger partial charge is 0.292 e. The van der Waals surface area contributed by atoms with Crippen molar-refractivity contribution >= 4 is 11.4 Å². The number of halogens is 1. The van der Waals surface area contributed by atoms with E-state index in [-0.39, 0.29) is 17.4 Å². The van der Waals surface area contributed by atoms with Crippen molar-refractivity contribution in [3.63, 3.8) is 0 Å². The summed E-state index contributed by atoms with van der Waals surface area (Å²) in [5, 5.41) is 13.8. The average Bonchev–Trinajstić information content (AvgIpc) is 2.39. The van der Waals surface area contributed by atoms with Gasteiger partial charge in [0.25, 0.3) is 5.69 Å². The molecule has 0 amide bonds. The van der Waals surface area contributed by atoms with Crippen molar-refractivity contribution in [3.8, 4) is 0 Å². The second-order valence-electron chi connectivity index (χ2n) is 4.07. The molecular weight excluding hydrogens is 249 g/mol. The summed E-state index contributed by atoms with van der Waals surface area (Å²) < 4.78 is 13.2. The van der Waals surface area contributed by atoms with Gasteiger partial charge in [0.1, 0.15) is 11.5 Å². The zero-order valence-corrected chi connectivity index (χ0v) is 10.2. The van der Waals surface area contributed by atoms with E-state index < -0.39 is 10.7 Å². The Morgan fingerprint density at radius 1 is 1.42 bits per heavy atom. The van der Waals surface area contributed by atoms with Gasteiger partial charge in [0.05, 0.1) is 11.0 Å². The highest BCUT2D eigenvalue weighted by atomic mass is 19.1. The Labute approximate surface area is 109 Å². The van der Waals surface area contributed by atoms with Crippen molar-refractivity contribution in [2.24, 2.45) is 0 Å². The summed E-state index contributed by atoms with van der Waals surface area (Å²) in [6, 6.07) is 6.73. The summed E-state index contributed by atoms with van der Waals surface area (Å²) >= 11 is 0. The molecule has 0 spiro atoms. The molecule has 19 heavy (non-hydrogen) atoms. The maximum Gasteiger partial charge on any atom is 0.292 e. The molecule has 1 N–H and O–H groups in total. The Morgan fingerprint density at radius 2 is 2.21 bits per heavy atom. The number of hydrogen-bond acceptors (Lipinski definition) is 4. The van der Waals surface area contributed by atoms with E-state index in [9.17, 15) is 14.5 Å². The predicted molar refractivity (Wildman–Crippen MR) is 69.3 cm³/mol.